The number of phenols is 2. The second-order valence-electron chi connectivity index (χ2n) is 5.08. The normalized spacial score (nSPS) is 23.0. The lowest BCUT2D eigenvalue weighted by Crippen LogP contribution is -2.24. The fourth-order valence-corrected chi connectivity index (χ4v) is 2.62. The van der Waals surface area contributed by atoms with Gasteiger partial charge in [-0.15, -0.1) is 0 Å². The topological polar surface area (TPSA) is 66.8 Å². The Kier molecular flexibility index (Phi) is 4.30. The molecule has 4 nitrogen and oxygen atoms in total. The Morgan fingerprint density at radius 3 is 2.79 bits per heavy atom. The SMILES string of the molecule is CCC(=O)OC1CCC[C@@H](c2ccc(O)c(O)c2)C1. The first-order chi connectivity index (χ1) is 9.10. The van der Waals surface area contributed by atoms with Gasteiger partial charge in [-0.3, -0.25) is 4.79 Å². The van der Waals surface area contributed by atoms with E-state index in [1.165, 1.54) is 6.07 Å². The van der Waals surface area contributed by atoms with E-state index in [9.17, 15) is 15.0 Å². The van der Waals surface area contributed by atoms with Crippen molar-refractivity contribution < 1.29 is 19.7 Å². The Balaban J connectivity index is 2.04. The zero-order valence-electron chi connectivity index (χ0n) is 11.1. The van der Waals surface area contributed by atoms with Crippen LogP contribution >= 0.6 is 0 Å². The molecule has 0 amide bonds. The van der Waals surface area contributed by atoms with E-state index in [2.05, 4.69) is 0 Å². The van der Waals surface area contributed by atoms with Crippen LogP contribution in [0.3, 0.4) is 0 Å². The minimum absolute atomic E-state index is 0.0258. The van der Waals surface area contributed by atoms with Crippen LogP contribution in [0.5, 0.6) is 11.5 Å². The maximum Gasteiger partial charge on any atom is 0.305 e. The molecule has 19 heavy (non-hydrogen) atoms. The summed E-state index contributed by atoms with van der Waals surface area (Å²) in [6, 6.07) is 4.93. The van der Waals surface area contributed by atoms with Crippen LogP contribution in [0.15, 0.2) is 18.2 Å². The molecule has 0 aliphatic heterocycles. The van der Waals surface area contributed by atoms with Crippen LogP contribution < -0.4 is 0 Å². The summed E-state index contributed by atoms with van der Waals surface area (Å²) in [5, 5.41) is 18.9. The molecule has 0 bridgehead atoms. The zero-order chi connectivity index (χ0) is 13.8. The van der Waals surface area contributed by atoms with Crippen LogP contribution in [0.4, 0.5) is 0 Å². The van der Waals surface area contributed by atoms with Crippen LogP contribution in [-0.2, 0) is 9.53 Å². The number of carbonyl (C=O) groups is 1. The largest absolute Gasteiger partial charge is 0.504 e. The lowest BCUT2D eigenvalue weighted by atomic mass is 9.82. The van der Waals surface area contributed by atoms with Gasteiger partial charge in [0.1, 0.15) is 6.10 Å². The molecule has 2 atom stereocenters. The second-order valence-corrected chi connectivity index (χ2v) is 5.08. The van der Waals surface area contributed by atoms with E-state index in [4.69, 9.17) is 4.74 Å². The molecule has 0 radical (unpaired) electrons. The molecule has 1 fully saturated rings. The molecular weight excluding hydrogens is 244 g/mol. The average Bonchev–Trinajstić information content (AvgIpc) is 2.42. The number of carbonyl (C=O) groups excluding carboxylic acids is 1. The third kappa shape index (κ3) is 3.40. The van der Waals surface area contributed by atoms with Crippen molar-refractivity contribution in [3.8, 4) is 11.5 Å². The van der Waals surface area contributed by atoms with Gasteiger partial charge in [0.2, 0.25) is 0 Å². The van der Waals surface area contributed by atoms with Crippen LogP contribution in [0.1, 0.15) is 50.5 Å². The number of phenolic OH excluding ortho intramolecular Hbond substituents is 2. The van der Waals surface area contributed by atoms with Gasteiger partial charge in [-0.05, 0) is 49.3 Å². The Morgan fingerprint density at radius 1 is 1.32 bits per heavy atom. The smallest absolute Gasteiger partial charge is 0.305 e. The molecular formula is C15H20O4. The molecule has 0 spiro atoms. The van der Waals surface area contributed by atoms with Crippen LogP contribution in [-0.4, -0.2) is 22.3 Å². The van der Waals surface area contributed by atoms with Crippen molar-refractivity contribution in [1.29, 1.82) is 0 Å². The Hall–Kier alpha value is -1.71. The van der Waals surface area contributed by atoms with E-state index in [1.54, 1.807) is 13.0 Å². The quantitative estimate of drug-likeness (QED) is 0.650. The summed E-state index contributed by atoms with van der Waals surface area (Å²) in [5.41, 5.74) is 0.993. The standard InChI is InChI=1S/C15H20O4/c1-2-15(18)19-12-5-3-4-10(8-12)11-6-7-13(16)14(17)9-11/h6-7,9-10,12,16-17H,2-5,8H2,1H3/t10-,12?/m1/s1. The van der Waals surface area contributed by atoms with Gasteiger partial charge in [-0.25, -0.2) is 0 Å². The highest BCUT2D eigenvalue weighted by atomic mass is 16.5. The van der Waals surface area contributed by atoms with Crippen molar-refractivity contribution in [3.05, 3.63) is 23.8 Å². The minimum Gasteiger partial charge on any atom is -0.504 e. The minimum atomic E-state index is -0.154. The fourth-order valence-electron chi connectivity index (χ4n) is 2.62. The molecule has 104 valence electrons. The molecule has 2 rings (SSSR count). The monoisotopic (exact) mass is 264 g/mol. The third-order valence-corrected chi connectivity index (χ3v) is 3.68. The van der Waals surface area contributed by atoms with Gasteiger partial charge in [0.25, 0.3) is 0 Å². The molecule has 1 unspecified atom stereocenters. The maximum absolute atomic E-state index is 11.3. The van der Waals surface area contributed by atoms with Crippen LogP contribution in [0.2, 0.25) is 0 Å². The number of rotatable bonds is 3. The first-order valence-electron chi connectivity index (χ1n) is 6.81. The van der Waals surface area contributed by atoms with Crippen molar-refractivity contribution in [2.75, 3.05) is 0 Å². The van der Waals surface area contributed by atoms with Gasteiger partial charge in [-0.2, -0.15) is 0 Å². The molecule has 0 aromatic heterocycles. The predicted molar refractivity (Wildman–Crippen MR) is 71.2 cm³/mol. The highest BCUT2D eigenvalue weighted by Gasteiger charge is 2.26. The summed E-state index contributed by atoms with van der Waals surface area (Å²) >= 11 is 0. The maximum atomic E-state index is 11.3. The number of esters is 1. The number of aromatic hydroxyl groups is 2. The molecule has 2 N–H and O–H groups in total. The summed E-state index contributed by atoms with van der Waals surface area (Å²) in [4.78, 5) is 11.3. The predicted octanol–water partition coefficient (Wildman–Crippen LogP) is 3.08. The molecule has 1 saturated carbocycles. The van der Waals surface area contributed by atoms with E-state index in [0.717, 1.165) is 31.2 Å². The Morgan fingerprint density at radius 2 is 2.11 bits per heavy atom. The lowest BCUT2D eigenvalue weighted by Gasteiger charge is -2.29. The average molecular weight is 264 g/mol. The molecule has 1 aliphatic rings. The Labute approximate surface area is 113 Å². The summed E-state index contributed by atoms with van der Waals surface area (Å²) < 4.78 is 5.40. The zero-order valence-corrected chi connectivity index (χ0v) is 11.1. The first kappa shape index (κ1) is 13.7. The number of benzene rings is 1. The highest BCUT2D eigenvalue weighted by molar-refractivity contribution is 5.69. The summed E-state index contributed by atoms with van der Waals surface area (Å²) in [6.45, 7) is 1.79. The Bertz CT molecular complexity index is 455. The van der Waals surface area contributed by atoms with E-state index in [-0.39, 0.29) is 29.5 Å². The van der Waals surface area contributed by atoms with Crippen molar-refractivity contribution in [1.82, 2.24) is 0 Å². The van der Waals surface area contributed by atoms with Gasteiger partial charge in [0.15, 0.2) is 11.5 Å². The molecule has 4 heteroatoms. The van der Waals surface area contributed by atoms with E-state index < -0.39 is 0 Å². The van der Waals surface area contributed by atoms with Gasteiger partial charge in [-0.1, -0.05) is 13.0 Å². The first-order valence-corrected chi connectivity index (χ1v) is 6.81. The molecule has 0 heterocycles. The van der Waals surface area contributed by atoms with Gasteiger partial charge < -0.3 is 14.9 Å². The number of hydrogen-bond donors (Lipinski definition) is 2. The molecule has 0 saturated heterocycles. The van der Waals surface area contributed by atoms with Gasteiger partial charge in [0, 0.05) is 6.42 Å². The van der Waals surface area contributed by atoms with E-state index in [1.807, 2.05) is 6.07 Å². The summed E-state index contributed by atoms with van der Waals surface area (Å²) in [5.74, 6) is -0.0761. The number of ether oxygens (including phenoxy) is 1. The van der Waals surface area contributed by atoms with Crippen molar-refractivity contribution >= 4 is 5.97 Å². The molecule has 1 aromatic rings. The van der Waals surface area contributed by atoms with E-state index >= 15 is 0 Å². The second kappa shape index (κ2) is 5.95. The summed E-state index contributed by atoms with van der Waals surface area (Å²) in [7, 11) is 0. The molecule has 1 aromatic carbocycles. The fraction of sp³-hybridized carbons (Fsp3) is 0.533. The summed E-state index contributed by atoms with van der Waals surface area (Å²) in [6.07, 6.45) is 4.10. The van der Waals surface area contributed by atoms with Crippen LogP contribution in [0, 0.1) is 0 Å². The lowest BCUT2D eigenvalue weighted by molar-refractivity contribution is -0.150. The van der Waals surface area contributed by atoms with Gasteiger partial charge in [0.05, 0.1) is 0 Å². The number of hydrogen-bond acceptors (Lipinski definition) is 4. The van der Waals surface area contributed by atoms with Crippen molar-refractivity contribution in [2.45, 2.75) is 51.0 Å². The highest BCUT2D eigenvalue weighted by Crippen LogP contribution is 2.37. The van der Waals surface area contributed by atoms with Gasteiger partial charge >= 0.3 is 5.97 Å². The van der Waals surface area contributed by atoms with Crippen molar-refractivity contribution in [2.24, 2.45) is 0 Å². The van der Waals surface area contributed by atoms with E-state index in [0.29, 0.717) is 6.42 Å². The molecule has 1 aliphatic carbocycles. The van der Waals surface area contributed by atoms with Crippen molar-refractivity contribution in [3.63, 3.8) is 0 Å². The van der Waals surface area contributed by atoms with Crippen LogP contribution in [0.25, 0.3) is 0 Å². The third-order valence-electron chi connectivity index (χ3n) is 3.68.